The lowest BCUT2D eigenvalue weighted by Gasteiger charge is -2.23. The van der Waals surface area contributed by atoms with E-state index in [4.69, 9.17) is 14.2 Å². The van der Waals surface area contributed by atoms with Gasteiger partial charge in [-0.25, -0.2) is 4.79 Å². The van der Waals surface area contributed by atoms with E-state index < -0.39 is 5.97 Å². The number of unbranched alkanes of at least 4 members (excludes halogenated alkanes) is 2. The van der Waals surface area contributed by atoms with Crippen molar-refractivity contribution in [3.05, 3.63) is 11.1 Å². The number of aromatic hydroxyl groups is 1. The summed E-state index contributed by atoms with van der Waals surface area (Å²) in [6.07, 6.45) is 5.68. The topological polar surface area (TPSA) is 85.2 Å². The molecule has 0 bridgehead atoms. The molecule has 2 N–H and O–H groups in total. The summed E-state index contributed by atoms with van der Waals surface area (Å²) < 4.78 is 17.5. The van der Waals surface area contributed by atoms with Crippen molar-refractivity contribution in [2.75, 3.05) is 19.8 Å². The van der Waals surface area contributed by atoms with Crippen molar-refractivity contribution in [3.63, 3.8) is 0 Å². The first-order valence-electron chi connectivity index (χ1n) is 10.1. The van der Waals surface area contributed by atoms with Gasteiger partial charge in [-0.05, 0) is 32.1 Å². The van der Waals surface area contributed by atoms with Crippen LogP contribution in [0.2, 0.25) is 0 Å². The molecule has 1 rings (SSSR count). The van der Waals surface area contributed by atoms with Crippen molar-refractivity contribution in [2.45, 2.75) is 72.6 Å². The average molecular weight is 382 g/mol. The minimum absolute atomic E-state index is 0.101. The zero-order valence-electron chi connectivity index (χ0n) is 17.1. The molecule has 0 aliphatic heterocycles. The first-order chi connectivity index (χ1) is 13.0. The fraction of sp³-hybridized carbons (Fsp3) is 0.667. The molecule has 1 aromatic rings. The van der Waals surface area contributed by atoms with Gasteiger partial charge in [0.2, 0.25) is 0 Å². The highest BCUT2D eigenvalue weighted by molar-refractivity contribution is 5.97. The molecule has 27 heavy (non-hydrogen) atoms. The first-order valence-corrected chi connectivity index (χ1v) is 10.1. The Labute approximate surface area is 162 Å². The molecular weight excluding hydrogens is 348 g/mol. The number of hydrogen-bond donors (Lipinski definition) is 2. The second kappa shape index (κ2) is 12.3. The Kier molecular flexibility index (Phi) is 10.5. The van der Waals surface area contributed by atoms with Crippen molar-refractivity contribution in [3.8, 4) is 23.0 Å². The molecule has 0 spiro atoms. The van der Waals surface area contributed by atoms with Crippen molar-refractivity contribution in [1.82, 2.24) is 0 Å². The van der Waals surface area contributed by atoms with Crippen molar-refractivity contribution < 1.29 is 29.2 Å². The van der Waals surface area contributed by atoms with Gasteiger partial charge in [0.1, 0.15) is 0 Å². The Morgan fingerprint density at radius 2 is 1.33 bits per heavy atom. The Morgan fingerprint density at radius 3 is 1.85 bits per heavy atom. The van der Waals surface area contributed by atoms with Gasteiger partial charge in [-0.1, -0.05) is 40.5 Å². The van der Waals surface area contributed by atoms with Gasteiger partial charge in [0.05, 0.1) is 19.8 Å². The van der Waals surface area contributed by atoms with Crippen LogP contribution in [-0.4, -0.2) is 36.0 Å². The van der Waals surface area contributed by atoms with Gasteiger partial charge in [0, 0.05) is 5.56 Å². The molecule has 154 valence electrons. The third-order valence-electron chi connectivity index (χ3n) is 4.07. The van der Waals surface area contributed by atoms with Gasteiger partial charge in [0.15, 0.2) is 28.6 Å². The van der Waals surface area contributed by atoms with Crippen LogP contribution in [-0.2, 0) is 6.42 Å². The predicted octanol–water partition coefficient (Wildman–Crippen LogP) is 5.19. The quantitative estimate of drug-likeness (QED) is 0.431. The van der Waals surface area contributed by atoms with E-state index >= 15 is 0 Å². The second-order valence-electron chi connectivity index (χ2n) is 6.50. The highest BCUT2D eigenvalue weighted by atomic mass is 16.5. The summed E-state index contributed by atoms with van der Waals surface area (Å²) in [5.41, 5.74) is 0.399. The summed E-state index contributed by atoms with van der Waals surface area (Å²) in [5, 5.41) is 20.4. The third kappa shape index (κ3) is 6.22. The molecule has 6 nitrogen and oxygen atoms in total. The Balaban J connectivity index is 3.61. The van der Waals surface area contributed by atoms with Gasteiger partial charge in [0.25, 0.3) is 0 Å². The van der Waals surface area contributed by atoms with Gasteiger partial charge in [-0.3, -0.25) is 0 Å². The molecule has 0 aromatic heterocycles. The summed E-state index contributed by atoms with van der Waals surface area (Å²) in [4.78, 5) is 11.9. The Bertz CT molecular complexity index is 597. The van der Waals surface area contributed by atoms with Crippen LogP contribution < -0.4 is 14.2 Å². The van der Waals surface area contributed by atoms with Crippen LogP contribution >= 0.6 is 0 Å². The molecule has 0 unspecified atom stereocenters. The molecule has 0 atom stereocenters. The van der Waals surface area contributed by atoms with Crippen LogP contribution in [0.4, 0.5) is 0 Å². The Morgan fingerprint density at radius 1 is 0.778 bits per heavy atom. The molecule has 0 aliphatic carbocycles. The minimum Gasteiger partial charge on any atom is -0.504 e. The van der Waals surface area contributed by atoms with Gasteiger partial charge in [-0.2, -0.15) is 0 Å². The number of hydrogen-bond acceptors (Lipinski definition) is 5. The number of rotatable bonds is 14. The van der Waals surface area contributed by atoms with Crippen molar-refractivity contribution in [1.29, 1.82) is 0 Å². The van der Waals surface area contributed by atoms with Crippen LogP contribution in [0.5, 0.6) is 23.0 Å². The SMILES string of the molecule is CCCCOc1c(O)c(C(=O)O)c(OCCC)c(OCCC)c1CCCC. The zero-order valence-corrected chi connectivity index (χ0v) is 17.1. The summed E-state index contributed by atoms with van der Waals surface area (Å²) in [6, 6.07) is 0. The molecule has 6 heteroatoms. The van der Waals surface area contributed by atoms with E-state index in [2.05, 4.69) is 6.92 Å². The number of carboxylic acid groups (broad SMARTS) is 1. The van der Waals surface area contributed by atoms with Crippen LogP contribution in [0.1, 0.15) is 82.1 Å². The van der Waals surface area contributed by atoms with Crippen molar-refractivity contribution in [2.24, 2.45) is 0 Å². The average Bonchev–Trinajstić information content (AvgIpc) is 2.64. The van der Waals surface area contributed by atoms with Gasteiger partial charge >= 0.3 is 5.97 Å². The third-order valence-corrected chi connectivity index (χ3v) is 4.07. The molecule has 0 saturated heterocycles. The van der Waals surface area contributed by atoms with Crippen molar-refractivity contribution >= 4 is 5.97 Å². The van der Waals surface area contributed by atoms with E-state index in [-0.39, 0.29) is 22.8 Å². The number of benzene rings is 1. The summed E-state index contributed by atoms with van der Waals surface area (Å²) in [7, 11) is 0. The molecule has 1 aromatic carbocycles. The molecule has 0 amide bonds. The first kappa shape index (κ1) is 22.9. The van der Waals surface area contributed by atoms with E-state index in [9.17, 15) is 15.0 Å². The highest BCUT2D eigenvalue weighted by Gasteiger charge is 2.30. The largest absolute Gasteiger partial charge is 0.504 e. The summed E-state index contributed by atoms with van der Waals surface area (Å²) >= 11 is 0. The van der Waals surface area contributed by atoms with E-state index in [1.54, 1.807) is 0 Å². The zero-order chi connectivity index (χ0) is 20.2. The molecule has 0 saturated carbocycles. The van der Waals surface area contributed by atoms with Crippen LogP contribution in [0, 0.1) is 0 Å². The minimum atomic E-state index is -1.26. The second-order valence-corrected chi connectivity index (χ2v) is 6.50. The number of ether oxygens (including phenoxy) is 3. The molecule has 0 radical (unpaired) electrons. The molecule has 0 fully saturated rings. The van der Waals surface area contributed by atoms with Crippen LogP contribution in [0.3, 0.4) is 0 Å². The maximum absolute atomic E-state index is 11.9. The lowest BCUT2D eigenvalue weighted by molar-refractivity contribution is 0.0686. The Hall–Kier alpha value is -2.11. The predicted molar refractivity (Wildman–Crippen MR) is 106 cm³/mol. The van der Waals surface area contributed by atoms with E-state index in [1.165, 1.54) is 0 Å². The van der Waals surface area contributed by atoms with E-state index in [0.29, 0.717) is 44.0 Å². The number of carboxylic acids is 1. The molecular formula is C21H34O6. The smallest absolute Gasteiger partial charge is 0.343 e. The maximum Gasteiger partial charge on any atom is 0.343 e. The monoisotopic (exact) mass is 382 g/mol. The summed E-state index contributed by atoms with van der Waals surface area (Å²) in [5.74, 6) is -0.934. The van der Waals surface area contributed by atoms with E-state index in [1.807, 2.05) is 20.8 Å². The van der Waals surface area contributed by atoms with E-state index in [0.717, 1.165) is 32.1 Å². The maximum atomic E-state index is 11.9. The van der Waals surface area contributed by atoms with Crippen LogP contribution in [0.25, 0.3) is 0 Å². The lowest BCUT2D eigenvalue weighted by atomic mass is 10.0. The number of carbonyl (C=O) groups is 1. The summed E-state index contributed by atoms with van der Waals surface area (Å²) in [6.45, 7) is 9.21. The fourth-order valence-electron chi connectivity index (χ4n) is 2.67. The van der Waals surface area contributed by atoms with Gasteiger partial charge in [-0.15, -0.1) is 0 Å². The van der Waals surface area contributed by atoms with Crippen LogP contribution in [0.15, 0.2) is 0 Å². The normalized spacial score (nSPS) is 10.7. The number of phenols is 1. The molecule has 0 heterocycles. The fourth-order valence-corrected chi connectivity index (χ4v) is 2.67. The molecule has 0 aliphatic rings. The van der Waals surface area contributed by atoms with Gasteiger partial charge < -0.3 is 24.4 Å². The highest BCUT2D eigenvalue weighted by Crippen LogP contribution is 2.49. The lowest BCUT2D eigenvalue weighted by Crippen LogP contribution is -2.12. The standard InChI is InChI=1S/C21H34O6/c1-5-9-11-15-18(27-14-10-6-2)17(22)16(21(23)24)20(26-13-8-4)19(15)25-12-7-3/h22H,5-14H2,1-4H3,(H,23,24). The number of aromatic carboxylic acids is 1.